The largest absolute Gasteiger partial charge is 0.399 e. The summed E-state index contributed by atoms with van der Waals surface area (Å²) in [6, 6.07) is 7.46. The fourth-order valence-electron chi connectivity index (χ4n) is 2.07. The lowest BCUT2D eigenvalue weighted by Crippen LogP contribution is -2.21. The van der Waals surface area contributed by atoms with Gasteiger partial charge in [0.25, 0.3) is 5.56 Å². The lowest BCUT2D eigenvalue weighted by atomic mass is 10.2. The molecule has 0 fully saturated rings. The van der Waals surface area contributed by atoms with E-state index in [4.69, 9.17) is 5.73 Å². The number of aromatic nitrogens is 4. The predicted molar refractivity (Wildman–Crippen MR) is 72.7 cm³/mol. The average molecular weight is 255 g/mol. The summed E-state index contributed by atoms with van der Waals surface area (Å²) in [5, 5.41) is 4.56. The summed E-state index contributed by atoms with van der Waals surface area (Å²) in [5.41, 5.74) is 7.87. The summed E-state index contributed by atoms with van der Waals surface area (Å²) in [6.45, 7) is 0.446. The number of hydrogen-bond donors (Lipinski definition) is 1. The van der Waals surface area contributed by atoms with E-state index in [1.54, 1.807) is 22.5 Å². The predicted octanol–water partition coefficient (Wildman–Crippen LogP) is 0.760. The summed E-state index contributed by atoms with van der Waals surface area (Å²) < 4.78 is 3.14. The smallest absolute Gasteiger partial charge is 0.264 e. The van der Waals surface area contributed by atoms with Crippen molar-refractivity contribution in [2.75, 3.05) is 5.73 Å². The van der Waals surface area contributed by atoms with Crippen molar-refractivity contribution in [3.8, 4) is 0 Å². The molecule has 3 aromatic rings. The van der Waals surface area contributed by atoms with Crippen LogP contribution in [0.1, 0.15) is 5.56 Å². The van der Waals surface area contributed by atoms with Gasteiger partial charge in [-0.3, -0.25) is 14.0 Å². The van der Waals surface area contributed by atoms with Crippen LogP contribution in [0.2, 0.25) is 0 Å². The lowest BCUT2D eigenvalue weighted by molar-refractivity contribution is 0.737. The highest BCUT2D eigenvalue weighted by Crippen LogP contribution is 2.08. The number of nitrogens with zero attached hydrogens (tertiary/aromatic N) is 4. The number of nitrogens with two attached hydrogens (primary N) is 1. The first kappa shape index (κ1) is 11.5. The van der Waals surface area contributed by atoms with E-state index in [-0.39, 0.29) is 5.56 Å². The molecule has 0 spiro atoms. The molecule has 0 atom stereocenters. The average Bonchev–Trinajstić information content (AvgIpc) is 2.76. The standard InChI is InChI=1S/C13H13N5O/c1-17-12-11(6-16-17)13(19)18(8-15-12)7-9-3-2-4-10(14)5-9/h2-6,8H,7,14H2,1H3. The Labute approximate surface area is 109 Å². The van der Waals surface area contributed by atoms with Gasteiger partial charge in [0.05, 0.1) is 12.7 Å². The molecule has 0 unspecified atom stereocenters. The SMILES string of the molecule is Cn1ncc2c(=O)n(Cc3cccc(N)c3)cnc21. The summed E-state index contributed by atoms with van der Waals surface area (Å²) in [5.74, 6) is 0. The van der Waals surface area contributed by atoms with Crippen LogP contribution in [0.25, 0.3) is 11.0 Å². The molecule has 0 aliphatic rings. The topological polar surface area (TPSA) is 78.7 Å². The molecule has 3 rings (SSSR count). The minimum atomic E-state index is -0.0967. The molecule has 2 N–H and O–H groups in total. The zero-order chi connectivity index (χ0) is 13.4. The Kier molecular flexibility index (Phi) is 2.56. The van der Waals surface area contributed by atoms with Crippen LogP contribution in [0.3, 0.4) is 0 Å². The van der Waals surface area contributed by atoms with Crippen LogP contribution < -0.4 is 11.3 Å². The zero-order valence-corrected chi connectivity index (χ0v) is 10.4. The number of rotatable bonds is 2. The van der Waals surface area contributed by atoms with Crippen LogP contribution in [0.15, 0.2) is 41.6 Å². The first-order valence-corrected chi connectivity index (χ1v) is 5.87. The van der Waals surface area contributed by atoms with Gasteiger partial charge in [-0.2, -0.15) is 5.10 Å². The Balaban J connectivity index is 2.06. The molecular weight excluding hydrogens is 242 g/mol. The molecule has 0 amide bonds. The molecule has 1 aromatic carbocycles. The van der Waals surface area contributed by atoms with E-state index in [9.17, 15) is 4.79 Å². The monoisotopic (exact) mass is 255 g/mol. The number of hydrogen-bond acceptors (Lipinski definition) is 4. The van der Waals surface area contributed by atoms with E-state index in [0.29, 0.717) is 23.3 Å². The molecule has 2 heterocycles. The molecule has 6 heteroatoms. The second-order valence-electron chi connectivity index (χ2n) is 4.43. The van der Waals surface area contributed by atoms with Gasteiger partial charge in [-0.05, 0) is 17.7 Å². The summed E-state index contributed by atoms with van der Waals surface area (Å²) in [4.78, 5) is 16.5. The summed E-state index contributed by atoms with van der Waals surface area (Å²) >= 11 is 0. The van der Waals surface area contributed by atoms with Crippen molar-refractivity contribution < 1.29 is 0 Å². The molecule has 0 bridgehead atoms. The molecular formula is C13H13N5O. The van der Waals surface area contributed by atoms with Gasteiger partial charge >= 0.3 is 0 Å². The second kappa shape index (κ2) is 4.24. The van der Waals surface area contributed by atoms with E-state index in [1.807, 2.05) is 24.3 Å². The lowest BCUT2D eigenvalue weighted by Gasteiger charge is -2.06. The highest BCUT2D eigenvalue weighted by Gasteiger charge is 2.08. The van der Waals surface area contributed by atoms with Crippen molar-refractivity contribution in [2.45, 2.75) is 6.54 Å². The maximum Gasteiger partial charge on any atom is 0.264 e. The van der Waals surface area contributed by atoms with Gasteiger partial charge < -0.3 is 5.73 Å². The fourth-order valence-corrected chi connectivity index (χ4v) is 2.07. The number of aryl methyl sites for hydroxylation is 1. The van der Waals surface area contributed by atoms with Crippen molar-refractivity contribution in [2.24, 2.45) is 7.05 Å². The van der Waals surface area contributed by atoms with E-state index in [1.165, 1.54) is 6.33 Å². The maximum absolute atomic E-state index is 12.3. The Morgan fingerprint density at radius 1 is 1.37 bits per heavy atom. The van der Waals surface area contributed by atoms with E-state index in [2.05, 4.69) is 10.1 Å². The molecule has 19 heavy (non-hydrogen) atoms. The van der Waals surface area contributed by atoms with Crippen molar-refractivity contribution in [3.63, 3.8) is 0 Å². The van der Waals surface area contributed by atoms with Gasteiger partial charge in [-0.25, -0.2) is 4.98 Å². The fraction of sp³-hybridized carbons (Fsp3) is 0.154. The molecule has 96 valence electrons. The molecule has 0 saturated heterocycles. The third-order valence-electron chi connectivity index (χ3n) is 3.02. The maximum atomic E-state index is 12.3. The Morgan fingerprint density at radius 3 is 3.00 bits per heavy atom. The number of nitrogen functional groups attached to an aromatic ring is 1. The van der Waals surface area contributed by atoms with Crippen molar-refractivity contribution >= 4 is 16.7 Å². The minimum Gasteiger partial charge on any atom is -0.399 e. The molecule has 0 aliphatic heterocycles. The minimum absolute atomic E-state index is 0.0967. The van der Waals surface area contributed by atoms with Gasteiger partial charge in [0.2, 0.25) is 0 Å². The first-order chi connectivity index (χ1) is 9.15. The first-order valence-electron chi connectivity index (χ1n) is 5.87. The third kappa shape index (κ3) is 1.97. The molecule has 0 saturated carbocycles. The molecule has 0 radical (unpaired) electrons. The van der Waals surface area contributed by atoms with Crippen LogP contribution >= 0.6 is 0 Å². The Morgan fingerprint density at radius 2 is 2.21 bits per heavy atom. The normalized spacial score (nSPS) is 11.0. The van der Waals surface area contributed by atoms with Crippen molar-refractivity contribution in [1.82, 2.24) is 19.3 Å². The second-order valence-corrected chi connectivity index (χ2v) is 4.43. The van der Waals surface area contributed by atoms with Crippen molar-refractivity contribution in [3.05, 3.63) is 52.7 Å². The highest BCUT2D eigenvalue weighted by molar-refractivity contribution is 5.72. The van der Waals surface area contributed by atoms with Crippen molar-refractivity contribution in [1.29, 1.82) is 0 Å². The molecule has 2 aromatic heterocycles. The van der Waals surface area contributed by atoms with Crippen LogP contribution in [-0.2, 0) is 13.6 Å². The molecule has 0 aliphatic carbocycles. The number of benzene rings is 1. The van der Waals surface area contributed by atoms with Crippen LogP contribution in [0.4, 0.5) is 5.69 Å². The molecule has 6 nitrogen and oxygen atoms in total. The quantitative estimate of drug-likeness (QED) is 0.686. The van der Waals surface area contributed by atoms with Crippen LogP contribution in [0, 0.1) is 0 Å². The van der Waals surface area contributed by atoms with E-state index >= 15 is 0 Å². The number of anilines is 1. The van der Waals surface area contributed by atoms with Gasteiger partial charge in [-0.1, -0.05) is 12.1 Å². The number of fused-ring (bicyclic) bond motifs is 1. The Bertz CT molecular complexity index is 802. The third-order valence-corrected chi connectivity index (χ3v) is 3.02. The zero-order valence-electron chi connectivity index (χ0n) is 10.4. The Hall–Kier alpha value is -2.63. The van der Waals surface area contributed by atoms with E-state index in [0.717, 1.165) is 5.56 Å². The van der Waals surface area contributed by atoms with Gasteiger partial charge in [0.1, 0.15) is 11.7 Å². The van der Waals surface area contributed by atoms with Crippen LogP contribution in [-0.4, -0.2) is 19.3 Å². The van der Waals surface area contributed by atoms with Gasteiger partial charge in [-0.15, -0.1) is 0 Å². The van der Waals surface area contributed by atoms with Gasteiger partial charge in [0.15, 0.2) is 5.65 Å². The van der Waals surface area contributed by atoms with Gasteiger partial charge in [0, 0.05) is 12.7 Å². The highest BCUT2D eigenvalue weighted by atomic mass is 16.1. The summed E-state index contributed by atoms with van der Waals surface area (Å²) in [7, 11) is 1.76. The van der Waals surface area contributed by atoms with Crippen LogP contribution in [0.5, 0.6) is 0 Å². The van der Waals surface area contributed by atoms with E-state index < -0.39 is 0 Å². The summed E-state index contributed by atoms with van der Waals surface area (Å²) in [6.07, 6.45) is 3.08.